The van der Waals surface area contributed by atoms with Crippen LogP contribution in [0.25, 0.3) is 0 Å². The van der Waals surface area contributed by atoms with Gasteiger partial charge in [0.25, 0.3) is 0 Å². The minimum Gasteiger partial charge on any atom is -0.467 e. The van der Waals surface area contributed by atoms with E-state index in [2.05, 4.69) is 35.7 Å². The summed E-state index contributed by atoms with van der Waals surface area (Å²) in [7, 11) is 1.56. The van der Waals surface area contributed by atoms with Crippen molar-refractivity contribution in [1.29, 1.82) is 0 Å². The van der Waals surface area contributed by atoms with E-state index in [1.54, 1.807) is 13.3 Å². The molecule has 2 rings (SSSR count). The maximum Gasteiger partial charge on any atom is 0.318 e. The predicted molar refractivity (Wildman–Crippen MR) is 76.0 cm³/mol. The molecule has 0 atom stereocenters. The third-order valence-corrected chi connectivity index (χ3v) is 3.58. The third-order valence-electron chi connectivity index (χ3n) is 2.96. The molecule has 1 saturated heterocycles. The maximum absolute atomic E-state index is 6.14. The van der Waals surface area contributed by atoms with E-state index in [0.717, 1.165) is 43.9 Å². The summed E-state index contributed by atoms with van der Waals surface area (Å²) in [5.74, 6) is 0.766. The van der Waals surface area contributed by atoms with Crippen molar-refractivity contribution >= 4 is 33.3 Å². The number of ether oxygens (including phenoxy) is 1. The molecule has 0 spiro atoms. The molecule has 0 amide bonds. The summed E-state index contributed by atoms with van der Waals surface area (Å²) in [6.07, 6.45) is 1.59. The molecule has 1 aromatic rings. The van der Waals surface area contributed by atoms with Crippen LogP contribution in [0.5, 0.6) is 6.01 Å². The number of methoxy groups -OCH3 is 1. The summed E-state index contributed by atoms with van der Waals surface area (Å²) in [6, 6.07) is 0.359. The van der Waals surface area contributed by atoms with Crippen molar-refractivity contribution in [3.05, 3.63) is 11.2 Å². The largest absolute Gasteiger partial charge is 0.467 e. The first-order valence-corrected chi connectivity index (χ1v) is 7.34. The van der Waals surface area contributed by atoms with E-state index in [9.17, 15) is 0 Å². The van der Waals surface area contributed by atoms with Gasteiger partial charge >= 0.3 is 6.01 Å². The number of aromatic nitrogens is 2. The van der Waals surface area contributed by atoms with Gasteiger partial charge in [-0.3, -0.25) is 4.90 Å². The number of rotatable bonds is 4. The van der Waals surface area contributed by atoms with Crippen molar-refractivity contribution in [2.45, 2.75) is 0 Å². The summed E-state index contributed by atoms with van der Waals surface area (Å²) in [4.78, 5) is 12.9. The summed E-state index contributed by atoms with van der Waals surface area (Å²) < 4.78 is 5.04. The molecule has 2 heterocycles. The second kappa shape index (κ2) is 6.54. The van der Waals surface area contributed by atoms with Crippen molar-refractivity contribution in [2.24, 2.45) is 0 Å². The van der Waals surface area contributed by atoms with Crippen molar-refractivity contribution in [1.82, 2.24) is 14.9 Å². The fourth-order valence-corrected chi connectivity index (χ4v) is 2.68. The van der Waals surface area contributed by atoms with E-state index in [-0.39, 0.29) is 0 Å². The molecule has 1 aromatic heterocycles. The van der Waals surface area contributed by atoms with Crippen LogP contribution < -0.4 is 9.64 Å². The van der Waals surface area contributed by atoms with Crippen LogP contribution >= 0.6 is 27.5 Å². The van der Waals surface area contributed by atoms with Crippen molar-refractivity contribution < 1.29 is 4.74 Å². The number of nitrogens with zero attached hydrogens (tertiary/aromatic N) is 4. The predicted octanol–water partition coefficient (Wildman–Crippen LogP) is 1.66. The van der Waals surface area contributed by atoms with E-state index >= 15 is 0 Å². The Balaban J connectivity index is 2.04. The van der Waals surface area contributed by atoms with Crippen molar-refractivity contribution in [2.75, 3.05) is 50.1 Å². The number of alkyl halides is 1. The van der Waals surface area contributed by atoms with E-state index in [0.29, 0.717) is 11.0 Å². The minimum atomic E-state index is 0.359. The van der Waals surface area contributed by atoms with Crippen LogP contribution in [0, 0.1) is 0 Å². The van der Waals surface area contributed by atoms with E-state index in [4.69, 9.17) is 16.3 Å². The normalized spacial score (nSPS) is 16.9. The first kappa shape index (κ1) is 13.8. The second-order valence-corrected chi connectivity index (χ2v) is 5.25. The Morgan fingerprint density at radius 1 is 1.39 bits per heavy atom. The topological polar surface area (TPSA) is 41.5 Å². The molecule has 0 unspecified atom stereocenters. The second-order valence-electron chi connectivity index (χ2n) is 4.05. The summed E-state index contributed by atoms with van der Waals surface area (Å²) in [5, 5.41) is 1.58. The van der Waals surface area contributed by atoms with Gasteiger partial charge in [-0.25, -0.2) is 4.98 Å². The molecule has 5 nitrogen and oxygen atoms in total. The highest BCUT2D eigenvalue weighted by Crippen LogP contribution is 2.25. The Labute approximate surface area is 120 Å². The molecule has 1 fully saturated rings. The summed E-state index contributed by atoms with van der Waals surface area (Å²) in [5.41, 5.74) is 0. The van der Waals surface area contributed by atoms with Crippen LogP contribution in [0.1, 0.15) is 0 Å². The number of piperazine rings is 1. The van der Waals surface area contributed by atoms with Crippen LogP contribution in [0.2, 0.25) is 5.02 Å². The van der Waals surface area contributed by atoms with Gasteiger partial charge < -0.3 is 9.64 Å². The van der Waals surface area contributed by atoms with Crippen LogP contribution in [-0.2, 0) is 0 Å². The molecule has 0 radical (unpaired) electrons. The average Bonchev–Trinajstić information content (AvgIpc) is 2.41. The van der Waals surface area contributed by atoms with Crippen LogP contribution in [0.4, 0.5) is 5.82 Å². The lowest BCUT2D eigenvalue weighted by Gasteiger charge is -2.35. The Kier molecular flexibility index (Phi) is 5.03. The number of anilines is 1. The average molecular weight is 336 g/mol. The Morgan fingerprint density at radius 3 is 2.72 bits per heavy atom. The monoisotopic (exact) mass is 334 g/mol. The molecule has 0 bridgehead atoms. The molecule has 0 N–H and O–H groups in total. The molecule has 1 aliphatic rings. The van der Waals surface area contributed by atoms with E-state index < -0.39 is 0 Å². The van der Waals surface area contributed by atoms with Crippen molar-refractivity contribution in [3.8, 4) is 6.01 Å². The molecule has 0 aromatic carbocycles. The van der Waals surface area contributed by atoms with Crippen LogP contribution in [-0.4, -0.2) is 60.0 Å². The van der Waals surface area contributed by atoms with Gasteiger partial charge in [-0.1, -0.05) is 27.5 Å². The van der Waals surface area contributed by atoms with E-state index in [1.165, 1.54) is 0 Å². The SMILES string of the molecule is COc1ncc(Cl)c(N2CCN(CCBr)CC2)n1. The molecule has 0 aliphatic carbocycles. The van der Waals surface area contributed by atoms with Gasteiger partial charge in [0, 0.05) is 38.1 Å². The van der Waals surface area contributed by atoms with Gasteiger partial charge in [-0.05, 0) is 0 Å². The fraction of sp³-hybridized carbons (Fsp3) is 0.636. The van der Waals surface area contributed by atoms with Gasteiger partial charge in [0.1, 0.15) is 5.02 Å². The lowest BCUT2D eigenvalue weighted by Crippen LogP contribution is -2.47. The quantitative estimate of drug-likeness (QED) is 0.783. The minimum absolute atomic E-state index is 0.359. The third kappa shape index (κ3) is 3.24. The zero-order chi connectivity index (χ0) is 13.0. The number of halogens is 2. The van der Waals surface area contributed by atoms with Gasteiger partial charge in [-0.2, -0.15) is 4.98 Å². The van der Waals surface area contributed by atoms with Gasteiger partial charge in [0.2, 0.25) is 0 Å². The van der Waals surface area contributed by atoms with Crippen molar-refractivity contribution in [3.63, 3.8) is 0 Å². The van der Waals surface area contributed by atoms with Crippen LogP contribution in [0.15, 0.2) is 6.20 Å². The van der Waals surface area contributed by atoms with Crippen LogP contribution in [0.3, 0.4) is 0 Å². The zero-order valence-electron chi connectivity index (χ0n) is 10.3. The van der Waals surface area contributed by atoms with Gasteiger partial charge in [0.15, 0.2) is 5.82 Å². The maximum atomic E-state index is 6.14. The van der Waals surface area contributed by atoms with E-state index in [1.807, 2.05) is 0 Å². The number of hydrogen-bond donors (Lipinski definition) is 0. The first-order chi connectivity index (χ1) is 8.74. The smallest absolute Gasteiger partial charge is 0.318 e. The standard InChI is InChI=1S/C11H16BrClN4O/c1-18-11-14-8-9(13)10(15-11)17-6-4-16(3-2-12)5-7-17/h8H,2-7H2,1H3. The molecule has 100 valence electrons. The lowest BCUT2D eigenvalue weighted by atomic mass is 10.3. The highest BCUT2D eigenvalue weighted by molar-refractivity contribution is 9.09. The summed E-state index contributed by atoms with van der Waals surface area (Å²) in [6.45, 7) is 4.97. The molecule has 0 saturated carbocycles. The highest BCUT2D eigenvalue weighted by atomic mass is 79.9. The highest BCUT2D eigenvalue weighted by Gasteiger charge is 2.20. The first-order valence-electron chi connectivity index (χ1n) is 5.84. The zero-order valence-corrected chi connectivity index (χ0v) is 12.6. The molecule has 7 heteroatoms. The molecular weight excluding hydrogens is 320 g/mol. The Hall–Kier alpha value is -0.590. The van der Waals surface area contributed by atoms with Gasteiger partial charge in [0.05, 0.1) is 13.3 Å². The fourth-order valence-electron chi connectivity index (χ4n) is 1.97. The molecule has 18 heavy (non-hydrogen) atoms. The summed E-state index contributed by atoms with van der Waals surface area (Å²) >= 11 is 9.60. The lowest BCUT2D eigenvalue weighted by molar-refractivity contribution is 0.273. The molecule has 1 aliphatic heterocycles. The van der Waals surface area contributed by atoms with Gasteiger partial charge in [-0.15, -0.1) is 0 Å². The molecular formula is C11H16BrClN4O. The Morgan fingerprint density at radius 2 is 2.11 bits per heavy atom. The number of hydrogen-bond acceptors (Lipinski definition) is 5. The Bertz CT molecular complexity index is 399.